The number of nitrogens with two attached hydrogens (primary N) is 1. The number of amides is 1. The Labute approximate surface area is 127 Å². The molecule has 1 aliphatic rings. The predicted octanol–water partition coefficient (Wildman–Crippen LogP) is 2.26. The standard InChI is InChI=1S/C17H26N2O2/c1-13(15(18)14-6-4-3-5-7-14)16(20)19-12-17(2)8-10-21-11-9-17/h3-7,13,15H,8-12,18H2,1-2H3,(H,19,20). The molecule has 2 unspecified atom stereocenters. The summed E-state index contributed by atoms with van der Waals surface area (Å²) in [5.41, 5.74) is 7.34. The Morgan fingerprint density at radius 3 is 2.57 bits per heavy atom. The van der Waals surface area contributed by atoms with Gasteiger partial charge in [-0.3, -0.25) is 4.79 Å². The van der Waals surface area contributed by atoms with Gasteiger partial charge in [0.1, 0.15) is 0 Å². The van der Waals surface area contributed by atoms with Crippen molar-refractivity contribution in [1.29, 1.82) is 0 Å². The average molecular weight is 290 g/mol. The fourth-order valence-corrected chi connectivity index (χ4v) is 2.63. The van der Waals surface area contributed by atoms with Crippen LogP contribution in [0.2, 0.25) is 0 Å². The number of nitrogens with one attached hydrogen (secondary N) is 1. The van der Waals surface area contributed by atoms with Gasteiger partial charge in [0.15, 0.2) is 0 Å². The van der Waals surface area contributed by atoms with Crippen LogP contribution in [0, 0.1) is 11.3 Å². The highest BCUT2D eigenvalue weighted by Crippen LogP contribution is 2.29. The van der Waals surface area contributed by atoms with Crippen molar-refractivity contribution in [2.75, 3.05) is 19.8 Å². The van der Waals surface area contributed by atoms with Gasteiger partial charge in [-0.1, -0.05) is 44.2 Å². The molecule has 0 spiro atoms. The van der Waals surface area contributed by atoms with Gasteiger partial charge in [-0.15, -0.1) is 0 Å². The summed E-state index contributed by atoms with van der Waals surface area (Å²) in [5.74, 6) is -0.213. The Morgan fingerprint density at radius 2 is 1.95 bits per heavy atom. The van der Waals surface area contributed by atoms with Crippen LogP contribution >= 0.6 is 0 Å². The molecule has 0 saturated carbocycles. The summed E-state index contributed by atoms with van der Waals surface area (Å²) in [5, 5.41) is 3.07. The van der Waals surface area contributed by atoms with Crippen LogP contribution in [-0.4, -0.2) is 25.7 Å². The van der Waals surface area contributed by atoms with Crippen molar-refractivity contribution in [1.82, 2.24) is 5.32 Å². The van der Waals surface area contributed by atoms with Gasteiger partial charge >= 0.3 is 0 Å². The molecule has 1 aliphatic heterocycles. The number of carbonyl (C=O) groups excluding carboxylic acids is 1. The van der Waals surface area contributed by atoms with Crippen LogP contribution in [0.4, 0.5) is 0 Å². The lowest BCUT2D eigenvalue weighted by atomic mass is 9.82. The van der Waals surface area contributed by atoms with E-state index < -0.39 is 0 Å². The Morgan fingerprint density at radius 1 is 1.33 bits per heavy atom. The first-order valence-electron chi connectivity index (χ1n) is 7.68. The molecule has 1 aromatic carbocycles. The maximum atomic E-state index is 12.3. The quantitative estimate of drug-likeness (QED) is 0.874. The van der Waals surface area contributed by atoms with Crippen LogP contribution in [0.3, 0.4) is 0 Å². The van der Waals surface area contributed by atoms with Crippen LogP contribution in [0.1, 0.15) is 38.3 Å². The van der Waals surface area contributed by atoms with Gasteiger partial charge < -0.3 is 15.8 Å². The Bertz CT molecular complexity index is 455. The minimum absolute atomic E-state index is 0.0269. The molecule has 21 heavy (non-hydrogen) atoms. The normalized spacial score (nSPS) is 20.5. The highest BCUT2D eigenvalue weighted by Gasteiger charge is 2.29. The molecule has 1 heterocycles. The first kappa shape index (κ1) is 16.0. The van der Waals surface area contributed by atoms with Crippen molar-refractivity contribution < 1.29 is 9.53 Å². The number of ether oxygens (including phenoxy) is 1. The number of hydrogen-bond acceptors (Lipinski definition) is 3. The van der Waals surface area contributed by atoms with E-state index in [-0.39, 0.29) is 23.3 Å². The highest BCUT2D eigenvalue weighted by atomic mass is 16.5. The van der Waals surface area contributed by atoms with E-state index in [1.807, 2.05) is 37.3 Å². The highest BCUT2D eigenvalue weighted by molar-refractivity contribution is 5.79. The first-order valence-corrected chi connectivity index (χ1v) is 7.68. The van der Waals surface area contributed by atoms with E-state index in [2.05, 4.69) is 12.2 Å². The van der Waals surface area contributed by atoms with Crippen LogP contribution in [0.15, 0.2) is 30.3 Å². The summed E-state index contributed by atoms with van der Waals surface area (Å²) in [6.07, 6.45) is 1.98. The molecule has 2 rings (SSSR count). The summed E-state index contributed by atoms with van der Waals surface area (Å²) in [7, 11) is 0. The third kappa shape index (κ3) is 4.29. The maximum Gasteiger partial charge on any atom is 0.224 e. The Balaban J connectivity index is 1.87. The molecule has 0 bridgehead atoms. The van der Waals surface area contributed by atoms with E-state index in [1.165, 1.54) is 0 Å². The smallest absolute Gasteiger partial charge is 0.224 e. The van der Waals surface area contributed by atoms with Gasteiger partial charge in [0, 0.05) is 25.8 Å². The van der Waals surface area contributed by atoms with Crippen LogP contribution in [0.5, 0.6) is 0 Å². The lowest BCUT2D eigenvalue weighted by Crippen LogP contribution is -2.43. The summed E-state index contributed by atoms with van der Waals surface area (Å²) < 4.78 is 5.38. The lowest BCUT2D eigenvalue weighted by molar-refractivity contribution is -0.126. The summed E-state index contributed by atoms with van der Waals surface area (Å²) >= 11 is 0. The van der Waals surface area contributed by atoms with Crippen molar-refractivity contribution >= 4 is 5.91 Å². The molecule has 2 atom stereocenters. The molecular weight excluding hydrogens is 264 g/mol. The van der Waals surface area contributed by atoms with Gasteiger partial charge in [0.2, 0.25) is 5.91 Å². The van der Waals surface area contributed by atoms with E-state index >= 15 is 0 Å². The van der Waals surface area contributed by atoms with Gasteiger partial charge in [0.05, 0.1) is 5.92 Å². The second kappa shape index (κ2) is 7.05. The number of hydrogen-bond donors (Lipinski definition) is 2. The second-order valence-corrected chi connectivity index (χ2v) is 6.37. The van der Waals surface area contributed by atoms with Gasteiger partial charge in [-0.05, 0) is 23.8 Å². The van der Waals surface area contributed by atoms with E-state index in [0.717, 1.165) is 31.6 Å². The monoisotopic (exact) mass is 290 g/mol. The molecule has 1 saturated heterocycles. The average Bonchev–Trinajstić information content (AvgIpc) is 2.53. The van der Waals surface area contributed by atoms with Crippen molar-refractivity contribution in [3.8, 4) is 0 Å². The first-order chi connectivity index (χ1) is 10.0. The third-order valence-corrected chi connectivity index (χ3v) is 4.53. The summed E-state index contributed by atoms with van der Waals surface area (Å²) in [6, 6.07) is 9.51. The van der Waals surface area contributed by atoms with Gasteiger partial charge in [0.25, 0.3) is 0 Å². The minimum Gasteiger partial charge on any atom is -0.381 e. The topological polar surface area (TPSA) is 64.3 Å². The fraction of sp³-hybridized carbons (Fsp3) is 0.588. The minimum atomic E-state index is -0.270. The Kier molecular flexibility index (Phi) is 5.37. The molecule has 1 amide bonds. The zero-order valence-electron chi connectivity index (χ0n) is 13.0. The molecular formula is C17H26N2O2. The lowest BCUT2D eigenvalue weighted by Gasteiger charge is -2.34. The van der Waals surface area contributed by atoms with E-state index in [4.69, 9.17) is 10.5 Å². The van der Waals surface area contributed by atoms with Crippen molar-refractivity contribution in [2.45, 2.75) is 32.7 Å². The predicted molar refractivity (Wildman–Crippen MR) is 83.7 cm³/mol. The number of benzene rings is 1. The summed E-state index contributed by atoms with van der Waals surface area (Å²) in [4.78, 5) is 12.3. The Hall–Kier alpha value is -1.39. The summed E-state index contributed by atoms with van der Waals surface area (Å²) in [6.45, 7) is 6.36. The molecule has 0 radical (unpaired) electrons. The third-order valence-electron chi connectivity index (χ3n) is 4.53. The van der Waals surface area contributed by atoms with Crippen LogP contribution < -0.4 is 11.1 Å². The molecule has 116 valence electrons. The maximum absolute atomic E-state index is 12.3. The van der Waals surface area contributed by atoms with E-state index in [0.29, 0.717) is 6.54 Å². The molecule has 3 N–H and O–H groups in total. The van der Waals surface area contributed by atoms with Crippen molar-refractivity contribution in [3.63, 3.8) is 0 Å². The number of carbonyl (C=O) groups is 1. The molecule has 1 fully saturated rings. The SMILES string of the molecule is CC(C(=O)NCC1(C)CCOCC1)C(N)c1ccccc1. The largest absolute Gasteiger partial charge is 0.381 e. The molecule has 0 aliphatic carbocycles. The second-order valence-electron chi connectivity index (χ2n) is 6.37. The van der Waals surface area contributed by atoms with Crippen LogP contribution in [-0.2, 0) is 9.53 Å². The fourth-order valence-electron chi connectivity index (χ4n) is 2.63. The molecule has 4 nitrogen and oxygen atoms in total. The van der Waals surface area contributed by atoms with Crippen molar-refractivity contribution in [3.05, 3.63) is 35.9 Å². The number of rotatable bonds is 5. The van der Waals surface area contributed by atoms with Crippen LogP contribution in [0.25, 0.3) is 0 Å². The van der Waals surface area contributed by atoms with E-state index in [1.54, 1.807) is 0 Å². The van der Waals surface area contributed by atoms with Gasteiger partial charge in [-0.25, -0.2) is 0 Å². The van der Waals surface area contributed by atoms with Crippen molar-refractivity contribution in [2.24, 2.45) is 17.1 Å². The zero-order valence-corrected chi connectivity index (χ0v) is 13.0. The van der Waals surface area contributed by atoms with Gasteiger partial charge in [-0.2, -0.15) is 0 Å². The van der Waals surface area contributed by atoms with E-state index in [9.17, 15) is 4.79 Å². The molecule has 0 aromatic heterocycles. The molecule has 1 aromatic rings. The zero-order chi connectivity index (χ0) is 15.3. The molecule has 4 heteroatoms.